The number of hydrazone groups is 1. The molecule has 2 rings (SSSR count). The van der Waals surface area contributed by atoms with Crippen molar-refractivity contribution in [2.75, 3.05) is 0 Å². The summed E-state index contributed by atoms with van der Waals surface area (Å²) in [5.74, 6) is 0. The van der Waals surface area contributed by atoms with Crippen LogP contribution in [0.15, 0.2) is 59.7 Å². The lowest BCUT2D eigenvalue weighted by Crippen LogP contribution is -2.16. The van der Waals surface area contributed by atoms with Crippen molar-refractivity contribution in [3.8, 4) is 0 Å². The molecule has 0 fully saturated rings. The number of hydrogen-bond donors (Lipinski definition) is 2. The van der Waals surface area contributed by atoms with Gasteiger partial charge in [0.1, 0.15) is 0 Å². The summed E-state index contributed by atoms with van der Waals surface area (Å²) < 4.78 is 0. The van der Waals surface area contributed by atoms with Crippen LogP contribution >= 0.6 is 0 Å². The molecule has 0 bridgehead atoms. The van der Waals surface area contributed by atoms with Crippen LogP contribution in [0.3, 0.4) is 0 Å². The molecule has 0 aliphatic heterocycles. The highest BCUT2D eigenvalue weighted by atomic mass is 16.4. The van der Waals surface area contributed by atoms with E-state index in [1.807, 2.05) is 72.2 Å². The fourth-order valence-electron chi connectivity index (χ4n) is 1.79. The zero-order chi connectivity index (χ0) is 15.1. The monoisotopic (exact) mass is 280 g/mol. The first-order valence-electron chi connectivity index (χ1n) is 6.52. The topological polar surface area (TPSA) is 61.7 Å². The van der Waals surface area contributed by atoms with E-state index in [-0.39, 0.29) is 0 Å². The number of hydrogen-bond acceptors (Lipinski definition) is 2. The number of rotatable bonds is 4. The molecule has 21 heavy (non-hydrogen) atoms. The van der Waals surface area contributed by atoms with E-state index in [0.29, 0.717) is 5.71 Å². The van der Waals surface area contributed by atoms with E-state index >= 15 is 0 Å². The fourth-order valence-corrected chi connectivity index (χ4v) is 1.79. The fraction of sp³-hybridized carbons (Fsp3) is 0.0588. The molecule has 2 aromatic carbocycles. The van der Waals surface area contributed by atoms with Crippen LogP contribution in [0, 0.1) is 0 Å². The third kappa shape index (κ3) is 4.62. The molecule has 0 spiro atoms. The minimum absolute atomic E-state index is 0.621. The maximum atomic E-state index is 10.4. The smallest absolute Gasteiger partial charge is 0.425 e. The molecule has 0 radical (unpaired) electrons. The van der Waals surface area contributed by atoms with Crippen LogP contribution in [0.1, 0.15) is 23.6 Å². The molecule has 4 nitrogen and oxygen atoms in total. The first kappa shape index (κ1) is 14.5. The van der Waals surface area contributed by atoms with Gasteiger partial charge >= 0.3 is 6.09 Å². The second kappa shape index (κ2) is 7.05. The molecule has 1 amide bonds. The summed E-state index contributed by atoms with van der Waals surface area (Å²) in [5, 5.41) is 12.3. The standard InChI is InChI=1S/C17H16N2O2/c1-13(18-19-17(20)21)16-11-9-15(10-12-16)8-7-14-5-3-2-4-6-14/h2-12,19H,1H3,(H,20,21)/b8-7+,18-13-. The lowest BCUT2D eigenvalue weighted by molar-refractivity contribution is 0.195. The Bertz CT molecular complexity index is 659. The van der Waals surface area contributed by atoms with Gasteiger partial charge in [0.2, 0.25) is 0 Å². The molecule has 0 unspecified atom stereocenters. The van der Waals surface area contributed by atoms with Crippen LogP contribution in [0.4, 0.5) is 4.79 Å². The Labute approximate surface area is 123 Å². The number of amides is 1. The summed E-state index contributed by atoms with van der Waals surface area (Å²) >= 11 is 0. The maximum absolute atomic E-state index is 10.4. The van der Waals surface area contributed by atoms with Gasteiger partial charge in [-0.1, -0.05) is 66.7 Å². The van der Waals surface area contributed by atoms with E-state index < -0.39 is 6.09 Å². The van der Waals surface area contributed by atoms with E-state index in [9.17, 15) is 4.79 Å². The Morgan fingerprint density at radius 3 is 2.14 bits per heavy atom. The van der Waals surface area contributed by atoms with E-state index in [0.717, 1.165) is 16.7 Å². The summed E-state index contributed by atoms with van der Waals surface area (Å²) in [7, 11) is 0. The minimum atomic E-state index is -1.17. The van der Waals surface area contributed by atoms with Crippen LogP contribution in [-0.4, -0.2) is 16.9 Å². The lowest BCUT2D eigenvalue weighted by atomic mass is 10.1. The SMILES string of the molecule is C/C(=N/NC(=O)O)c1ccc(/C=C/c2ccccc2)cc1. The van der Waals surface area contributed by atoms with Gasteiger partial charge in [0, 0.05) is 0 Å². The van der Waals surface area contributed by atoms with Gasteiger partial charge in [-0.25, -0.2) is 10.2 Å². The summed E-state index contributed by atoms with van der Waals surface area (Å²) in [6, 6.07) is 17.8. The minimum Gasteiger partial charge on any atom is -0.464 e. The Morgan fingerprint density at radius 1 is 1.00 bits per heavy atom. The van der Waals surface area contributed by atoms with Crippen LogP contribution in [0.2, 0.25) is 0 Å². The first-order valence-corrected chi connectivity index (χ1v) is 6.52. The van der Waals surface area contributed by atoms with Crippen molar-refractivity contribution >= 4 is 24.0 Å². The van der Waals surface area contributed by atoms with E-state index in [2.05, 4.69) is 5.10 Å². The number of carbonyl (C=O) groups is 1. The predicted octanol–water partition coefficient (Wildman–Crippen LogP) is 3.85. The van der Waals surface area contributed by atoms with Crippen LogP contribution in [0.25, 0.3) is 12.2 Å². The molecule has 0 aromatic heterocycles. The van der Waals surface area contributed by atoms with Gasteiger partial charge in [0.15, 0.2) is 0 Å². The summed E-state index contributed by atoms with van der Waals surface area (Å²) in [6.45, 7) is 1.75. The van der Waals surface area contributed by atoms with Crippen molar-refractivity contribution < 1.29 is 9.90 Å². The van der Waals surface area contributed by atoms with Gasteiger partial charge in [-0.15, -0.1) is 0 Å². The molecule has 0 saturated carbocycles. The largest absolute Gasteiger partial charge is 0.464 e. The second-order valence-corrected chi connectivity index (χ2v) is 4.48. The second-order valence-electron chi connectivity index (χ2n) is 4.48. The third-order valence-corrected chi connectivity index (χ3v) is 2.92. The quantitative estimate of drug-likeness (QED) is 0.507. The molecule has 0 atom stereocenters. The molecule has 0 aliphatic carbocycles. The normalized spacial score (nSPS) is 11.6. The molecular formula is C17H16N2O2. The Balaban J connectivity index is 2.07. The molecular weight excluding hydrogens is 264 g/mol. The van der Waals surface area contributed by atoms with Crippen molar-refractivity contribution in [3.63, 3.8) is 0 Å². The molecule has 4 heteroatoms. The van der Waals surface area contributed by atoms with Gasteiger partial charge in [-0.05, 0) is 23.6 Å². The molecule has 2 N–H and O–H groups in total. The maximum Gasteiger partial charge on any atom is 0.425 e. The van der Waals surface area contributed by atoms with Gasteiger partial charge in [-0.2, -0.15) is 5.10 Å². The zero-order valence-corrected chi connectivity index (χ0v) is 11.7. The van der Waals surface area contributed by atoms with Crippen molar-refractivity contribution in [1.29, 1.82) is 0 Å². The van der Waals surface area contributed by atoms with Gasteiger partial charge in [-0.3, -0.25) is 0 Å². The zero-order valence-electron chi connectivity index (χ0n) is 11.7. The van der Waals surface area contributed by atoms with Crippen LogP contribution in [0.5, 0.6) is 0 Å². The highest BCUT2D eigenvalue weighted by molar-refractivity contribution is 5.99. The molecule has 2 aromatic rings. The van der Waals surface area contributed by atoms with E-state index in [1.165, 1.54) is 0 Å². The molecule has 0 aliphatic rings. The van der Waals surface area contributed by atoms with Crippen molar-refractivity contribution in [1.82, 2.24) is 5.43 Å². The number of nitrogens with one attached hydrogen (secondary N) is 1. The van der Waals surface area contributed by atoms with Crippen LogP contribution < -0.4 is 5.43 Å². The summed E-state index contributed by atoms with van der Waals surface area (Å²) in [5.41, 5.74) is 5.71. The lowest BCUT2D eigenvalue weighted by Gasteiger charge is -2.01. The molecule has 106 valence electrons. The highest BCUT2D eigenvalue weighted by Crippen LogP contribution is 2.10. The van der Waals surface area contributed by atoms with Gasteiger partial charge < -0.3 is 5.11 Å². The number of nitrogens with zero attached hydrogens (tertiary/aromatic N) is 1. The highest BCUT2D eigenvalue weighted by Gasteiger charge is 1.98. The number of carboxylic acid groups (broad SMARTS) is 1. The van der Waals surface area contributed by atoms with Crippen molar-refractivity contribution in [2.24, 2.45) is 5.10 Å². The molecule has 0 saturated heterocycles. The Kier molecular flexibility index (Phi) is 4.88. The molecule has 0 heterocycles. The predicted molar refractivity (Wildman–Crippen MR) is 85.2 cm³/mol. The third-order valence-electron chi connectivity index (χ3n) is 2.92. The number of benzene rings is 2. The van der Waals surface area contributed by atoms with Gasteiger partial charge in [0.25, 0.3) is 0 Å². The van der Waals surface area contributed by atoms with E-state index in [4.69, 9.17) is 5.11 Å². The Morgan fingerprint density at radius 2 is 1.57 bits per heavy atom. The van der Waals surface area contributed by atoms with Crippen molar-refractivity contribution in [3.05, 3.63) is 71.3 Å². The van der Waals surface area contributed by atoms with Gasteiger partial charge in [0.05, 0.1) is 5.71 Å². The van der Waals surface area contributed by atoms with Crippen molar-refractivity contribution in [2.45, 2.75) is 6.92 Å². The van der Waals surface area contributed by atoms with Crippen LogP contribution in [-0.2, 0) is 0 Å². The first-order chi connectivity index (χ1) is 10.1. The average molecular weight is 280 g/mol. The summed E-state index contributed by atoms with van der Waals surface area (Å²) in [6.07, 6.45) is 2.90. The van der Waals surface area contributed by atoms with E-state index in [1.54, 1.807) is 6.92 Å². The Hall–Kier alpha value is -2.88. The summed E-state index contributed by atoms with van der Waals surface area (Å²) in [4.78, 5) is 10.4. The average Bonchev–Trinajstić information content (AvgIpc) is 2.52.